The molecule has 3 nitrogen and oxygen atoms in total. The van der Waals surface area contributed by atoms with Crippen molar-refractivity contribution in [1.82, 2.24) is 4.90 Å². The van der Waals surface area contributed by atoms with E-state index in [0.717, 1.165) is 6.61 Å². The number of hydrogen-bond donors (Lipinski definition) is 1. The summed E-state index contributed by atoms with van der Waals surface area (Å²) in [5.41, 5.74) is 0. The van der Waals surface area contributed by atoms with Gasteiger partial charge in [-0.25, -0.2) is 5.90 Å². The predicted octanol–water partition coefficient (Wildman–Crippen LogP) is 0.997. The van der Waals surface area contributed by atoms with Gasteiger partial charge in [-0.2, -0.15) is 0 Å². The lowest BCUT2D eigenvalue weighted by molar-refractivity contribution is 0.0600. The summed E-state index contributed by atoms with van der Waals surface area (Å²) in [6, 6.07) is 0.685. The van der Waals surface area contributed by atoms with Gasteiger partial charge in [-0.1, -0.05) is 0 Å². The van der Waals surface area contributed by atoms with Gasteiger partial charge >= 0.3 is 0 Å². The molecule has 0 radical (unpaired) electrons. The average molecular weight is 172 g/mol. The van der Waals surface area contributed by atoms with E-state index in [1.807, 2.05) is 0 Å². The fourth-order valence-corrected chi connectivity index (χ4v) is 1.77. The molecule has 0 aromatic heterocycles. The van der Waals surface area contributed by atoms with E-state index in [1.54, 1.807) is 0 Å². The molecule has 1 saturated heterocycles. The van der Waals surface area contributed by atoms with Crippen LogP contribution in [0, 0.1) is 5.92 Å². The molecular weight excluding hydrogens is 152 g/mol. The van der Waals surface area contributed by atoms with Crippen molar-refractivity contribution < 1.29 is 4.84 Å². The van der Waals surface area contributed by atoms with Gasteiger partial charge in [-0.05, 0) is 45.7 Å². The molecule has 3 heteroatoms. The van der Waals surface area contributed by atoms with Crippen LogP contribution in [0.5, 0.6) is 0 Å². The summed E-state index contributed by atoms with van der Waals surface area (Å²) >= 11 is 0. The Kier molecular flexibility index (Phi) is 3.98. The Bertz CT molecular complexity index is 120. The molecule has 2 N–H and O–H groups in total. The third-order valence-electron chi connectivity index (χ3n) is 2.71. The second-order valence-corrected chi connectivity index (χ2v) is 3.91. The smallest absolute Gasteiger partial charge is 0.0708 e. The maximum atomic E-state index is 5.04. The van der Waals surface area contributed by atoms with Crippen molar-refractivity contribution >= 4 is 0 Å². The number of likely N-dealkylation sites (tertiary alicyclic amines) is 1. The van der Waals surface area contributed by atoms with Gasteiger partial charge in [0.15, 0.2) is 0 Å². The number of rotatable bonds is 3. The van der Waals surface area contributed by atoms with Crippen LogP contribution in [0.3, 0.4) is 0 Å². The van der Waals surface area contributed by atoms with Crippen LogP contribution >= 0.6 is 0 Å². The lowest BCUT2D eigenvalue weighted by Crippen LogP contribution is -2.39. The minimum Gasteiger partial charge on any atom is -0.304 e. The first-order valence-corrected chi connectivity index (χ1v) is 4.79. The van der Waals surface area contributed by atoms with Crippen LogP contribution in [0.1, 0.15) is 26.7 Å². The van der Waals surface area contributed by atoms with Gasteiger partial charge in [0.2, 0.25) is 0 Å². The van der Waals surface area contributed by atoms with Crippen LogP contribution in [0.4, 0.5) is 0 Å². The second kappa shape index (κ2) is 4.80. The summed E-state index contributed by atoms with van der Waals surface area (Å²) in [6.07, 6.45) is 2.46. The van der Waals surface area contributed by atoms with Gasteiger partial charge in [-0.3, -0.25) is 0 Å². The van der Waals surface area contributed by atoms with Crippen molar-refractivity contribution in [3.05, 3.63) is 0 Å². The summed E-state index contributed by atoms with van der Waals surface area (Å²) < 4.78 is 0. The normalized spacial score (nSPS) is 22.0. The Hall–Kier alpha value is -0.120. The van der Waals surface area contributed by atoms with Gasteiger partial charge < -0.3 is 9.74 Å². The van der Waals surface area contributed by atoms with E-state index >= 15 is 0 Å². The highest BCUT2D eigenvalue weighted by Crippen LogP contribution is 2.18. The molecule has 1 rings (SSSR count). The van der Waals surface area contributed by atoms with Crippen LogP contribution in [-0.4, -0.2) is 30.6 Å². The molecule has 1 aliphatic heterocycles. The third kappa shape index (κ3) is 2.73. The quantitative estimate of drug-likeness (QED) is 0.645. The zero-order valence-corrected chi connectivity index (χ0v) is 8.12. The lowest BCUT2D eigenvalue weighted by atomic mass is 9.97. The van der Waals surface area contributed by atoms with Gasteiger partial charge in [-0.15, -0.1) is 0 Å². The summed E-state index contributed by atoms with van der Waals surface area (Å²) in [6.45, 7) is 7.63. The molecule has 0 unspecified atom stereocenters. The van der Waals surface area contributed by atoms with Crippen molar-refractivity contribution in [3.8, 4) is 0 Å². The van der Waals surface area contributed by atoms with Crippen LogP contribution in [0.15, 0.2) is 0 Å². The summed E-state index contributed by atoms with van der Waals surface area (Å²) in [7, 11) is 0. The van der Waals surface area contributed by atoms with Crippen molar-refractivity contribution in [3.63, 3.8) is 0 Å². The van der Waals surface area contributed by atoms with Crippen molar-refractivity contribution in [1.29, 1.82) is 0 Å². The standard InChI is InChI=1S/C9H20N2O/c1-8(2)11-5-3-9(4-6-11)7-12-10/h8-9H,3-7,10H2,1-2H3. The van der Waals surface area contributed by atoms with Crippen LogP contribution in [-0.2, 0) is 4.84 Å². The first-order valence-electron chi connectivity index (χ1n) is 4.79. The second-order valence-electron chi connectivity index (χ2n) is 3.91. The monoisotopic (exact) mass is 172 g/mol. The summed E-state index contributed by atoms with van der Waals surface area (Å²) in [5, 5.41) is 0. The third-order valence-corrected chi connectivity index (χ3v) is 2.71. The molecule has 1 heterocycles. The zero-order valence-electron chi connectivity index (χ0n) is 8.12. The molecular formula is C9H20N2O. The van der Waals surface area contributed by atoms with E-state index in [1.165, 1.54) is 25.9 Å². The van der Waals surface area contributed by atoms with Crippen molar-refractivity contribution in [2.45, 2.75) is 32.7 Å². The SMILES string of the molecule is CC(C)N1CCC(CON)CC1. The number of hydrogen-bond acceptors (Lipinski definition) is 3. The van der Waals surface area contributed by atoms with Gasteiger partial charge in [0.1, 0.15) is 0 Å². The lowest BCUT2D eigenvalue weighted by Gasteiger charge is -2.34. The van der Waals surface area contributed by atoms with Crippen LogP contribution < -0.4 is 5.90 Å². The van der Waals surface area contributed by atoms with Crippen molar-refractivity contribution in [2.24, 2.45) is 11.8 Å². The molecule has 0 aliphatic carbocycles. The highest BCUT2D eigenvalue weighted by atomic mass is 16.6. The predicted molar refractivity (Wildman–Crippen MR) is 49.6 cm³/mol. The molecule has 0 spiro atoms. The maximum absolute atomic E-state index is 5.04. The Morgan fingerprint density at radius 1 is 1.42 bits per heavy atom. The maximum Gasteiger partial charge on any atom is 0.0708 e. The van der Waals surface area contributed by atoms with E-state index in [9.17, 15) is 0 Å². The largest absolute Gasteiger partial charge is 0.304 e. The minimum absolute atomic E-state index is 0.685. The highest BCUT2D eigenvalue weighted by molar-refractivity contribution is 4.73. The molecule has 0 saturated carbocycles. The number of nitrogens with zero attached hydrogens (tertiary/aromatic N) is 1. The molecule has 1 aliphatic rings. The van der Waals surface area contributed by atoms with Gasteiger partial charge in [0.05, 0.1) is 6.61 Å². The molecule has 1 fully saturated rings. The number of nitrogens with two attached hydrogens (primary N) is 1. The van der Waals surface area contributed by atoms with E-state index in [2.05, 4.69) is 23.6 Å². The zero-order chi connectivity index (χ0) is 8.97. The first kappa shape index (κ1) is 9.96. The Balaban J connectivity index is 2.20. The topological polar surface area (TPSA) is 38.5 Å². The van der Waals surface area contributed by atoms with E-state index < -0.39 is 0 Å². The Morgan fingerprint density at radius 3 is 2.42 bits per heavy atom. The van der Waals surface area contributed by atoms with E-state index in [-0.39, 0.29) is 0 Å². The molecule has 0 amide bonds. The van der Waals surface area contributed by atoms with Gasteiger partial charge in [0.25, 0.3) is 0 Å². The summed E-state index contributed by atoms with van der Waals surface area (Å²) in [4.78, 5) is 7.17. The Labute approximate surface area is 74.8 Å². The minimum atomic E-state index is 0.685. The van der Waals surface area contributed by atoms with Crippen molar-refractivity contribution in [2.75, 3.05) is 19.7 Å². The fraction of sp³-hybridized carbons (Fsp3) is 1.00. The number of piperidine rings is 1. The molecule has 0 bridgehead atoms. The molecule has 72 valence electrons. The van der Waals surface area contributed by atoms with Gasteiger partial charge in [0, 0.05) is 6.04 Å². The van der Waals surface area contributed by atoms with E-state index in [0.29, 0.717) is 12.0 Å². The van der Waals surface area contributed by atoms with Crippen LogP contribution in [0.25, 0.3) is 0 Å². The molecule has 0 aromatic rings. The Morgan fingerprint density at radius 2 is 2.00 bits per heavy atom. The van der Waals surface area contributed by atoms with E-state index in [4.69, 9.17) is 5.90 Å². The highest BCUT2D eigenvalue weighted by Gasteiger charge is 2.20. The summed E-state index contributed by atoms with van der Waals surface area (Å²) in [5.74, 6) is 5.73. The first-order chi connectivity index (χ1) is 5.74. The molecule has 0 aromatic carbocycles. The molecule has 0 atom stereocenters. The fourth-order valence-electron chi connectivity index (χ4n) is 1.77. The molecule has 12 heavy (non-hydrogen) atoms. The van der Waals surface area contributed by atoms with Crippen LogP contribution in [0.2, 0.25) is 0 Å². The average Bonchev–Trinajstić information content (AvgIpc) is 2.06.